The van der Waals surface area contributed by atoms with Gasteiger partial charge in [-0.05, 0) is 25.1 Å². The van der Waals surface area contributed by atoms with Crippen LogP contribution in [0.5, 0.6) is 0 Å². The van der Waals surface area contributed by atoms with Crippen molar-refractivity contribution in [1.82, 2.24) is 25.4 Å². The minimum atomic E-state index is -0.163. The zero-order valence-corrected chi connectivity index (χ0v) is 13.3. The smallest absolute Gasteiger partial charge is 0.243 e. The Labute approximate surface area is 135 Å². The molecule has 2 rings (SSSR count). The molecule has 8 heteroatoms. The van der Waals surface area contributed by atoms with Crippen molar-refractivity contribution in [2.24, 2.45) is 12.0 Å². The number of nitrogens with one attached hydrogen (secondary N) is 3. The van der Waals surface area contributed by atoms with Crippen molar-refractivity contribution in [3.63, 3.8) is 0 Å². The lowest BCUT2D eigenvalue weighted by atomic mass is 10.4. The summed E-state index contributed by atoms with van der Waals surface area (Å²) in [6, 6.07) is 5.46. The van der Waals surface area contributed by atoms with E-state index in [1.807, 2.05) is 20.0 Å². The summed E-state index contributed by atoms with van der Waals surface area (Å²) >= 11 is 0. The highest BCUT2D eigenvalue weighted by Crippen LogP contribution is 2.01. The van der Waals surface area contributed by atoms with Gasteiger partial charge in [-0.3, -0.25) is 14.5 Å². The number of guanidine groups is 1. The number of aliphatic imine (C=N–C) groups is 1. The Morgan fingerprint density at radius 2 is 2.17 bits per heavy atom. The van der Waals surface area contributed by atoms with Gasteiger partial charge in [-0.2, -0.15) is 5.10 Å². The molecule has 0 saturated carbocycles. The van der Waals surface area contributed by atoms with Crippen LogP contribution in [0.3, 0.4) is 0 Å². The fourth-order valence-electron chi connectivity index (χ4n) is 1.86. The molecule has 2 heterocycles. The molecule has 0 fully saturated rings. The van der Waals surface area contributed by atoms with Gasteiger partial charge in [0.05, 0.1) is 30.7 Å². The summed E-state index contributed by atoms with van der Waals surface area (Å²) in [7, 11) is 1.87. The first-order valence-electron chi connectivity index (χ1n) is 7.38. The van der Waals surface area contributed by atoms with E-state index in [1.165, 1.54) is 0 Å². The van der Waals surface area contributed by atoms with Gasteiger partial charge < -0.3 is 16.0 Å². The van der Waals surface area contributed by atoms with Gasteiger partial charge in [0, 0.05) is 26.0 Å². The molecular weight excluding hydrogens is 294 g/mol. The van der Waals surface area contributed by atoms with E-state index in [0.29, 0.717) is 24.7 Å². The molecule has 1 amide bonds. The summed E-state index contributed by atoms with van der Waals surface area (Å²) in [5, 5.41) is 13.0. The topological polar surface area (TPSA) is 96.2 Å². The van der Waals surface area contributed by atoms with Crippen LogP contribution < -0.4 is 16.0 Å². The zero-order valence-electron chi connectivity index (χ0n) is 13.3. The molecule has 3 N–H and O–H groups in total. The van der Waals surface area contributed by atoms with Crippen LogP contribution in [0.25, 0.3) is 0 Å². The van der Waals surface area contributed by atoms with E-state index < -0.39 is 0 Å². The summed E-state index contributed by atoms with van der Waals surface area (Å²) in [4.78, 5) is 20.3. The van der Waals surface area contributed by atoms with Crippen LogP contribution in [0, 0.1) is 0 Å². The number of pyridine rings is 1. The van der Waals surface area contributed by atoms with E-state index in [1.54, 1.807) is 35.4 Å². The highest BCUT2D eigenvalue weighted by molar-refractivity contribution is 5.94. The molecule has 2 aromatic rings. The molecule has 0 bridgehead atoms. The number of rotatable bonds is 6. The Hall–Kier alpha value is -2.90. The number of anilines is 1. The largest absolute Gasteiger partial charge is 0.357 e. The van der Waals surface area contributed by atoms with Crippen molar-refractivity contribution in [2.45, 2.75) is 13.5 Å². The van der Waals surface area contributed by atoms with Crippen LogP contribution in [0.2, 0.25) is 0 Å². The lowest BCUT2D eigenvalue weighted by molar-refractivity contribution is -0.115. The summed E-state index contributed by atoms with van der Waals surface area (Å²) in [5.74, 6) is 0.416. The first-order valence-corrected chi connectivity index (χ1v) is 7.38. The van der Waals surface area contributed by atoms with Crippen molar-refractivity contribution in [2.75, 3.05) is 18.4 Å². The molecule has 23 heavy (non-hydrogen) atoms. The molecule has 0 unspecified atom stereocenters. The highest BCUT2D eigenvalue weighted by Gasteiger charge is 2.05. The standard InChI is InChI=1S/C15H21N7O/c1-3-17-15(18-10-13-6-8-20-22(13)2)19-11-14(23)21-12-5-4-7-16-9-12/h4-9H,3,10-11H2,1-2H3,(H,21,23)(H2,17,18,19). The number of aryl methyl sites for hydroxylation is 1. The Bertz CT molecular complexity index is 651. The number of carbonyl (C=O) groups excluding carboxylic acids is 1. The number of carbonyl (C=O) groups is 1. The van der Waals surface area contributed by atoms with Gasteiger partial charge in [0.25, 0.3) is 0 Å². The number of hydrogen-bond acceptors (Lipinski definition) is 4. The molecule has 0 aliphatic heterocycles. The summed E-state index contributed by atoms with van der Waals surface area (Å²) in [6.45, 7) is 3.28. The van der Waals surface area contributed by atoms with E-state index in [2.05, 4.69) is 31.0 Å². The van der Waals surface area contributed by atoms with E-state index in [-0.39, 0.29) is 12.5 Å². The van der Waals surface area contributed by atoms with Crippen LogP contribution in [0.1, 0.15) is 12.6 Å². The Kier molecular flexibility index (Phi) is 6.10. The first kappa shape index (κ1) is 16.5. The minimum Gasteiger partial charge on any atom is -0.357 e. The van der Waals surface area contributed by atoms with Gasteiger partial charge in [0.15, 0.2) is 5.96 Å². The predicted molar refractivity (Wildman–Crippen MR) is 88.9 cm³/mol. The number of nitrogens with zero attached hydrogens (tertiary/aromatic N) is 4. The van der Waals surface area contributed by atoms with Gasteiger partial charge >= 0.3 is 0 Å². The second-order valence-electron chi connectivity index (χ2n) is 4.78. The molecule has 2 aromatic heterocycles. The minimum absolute atomic E-state index is 0.117. The second-order valence-corrected chi connectivity index (χ2v) is 4.78. The second kappa shape index (κ2) is 8.52. The van der Waals surface area contributed by atoms with E-state index >= 15 is 0 Å². The van der Waals surface area contributed by atoms with Gasteiger partial charge in [-0.25, -0.2) is 4.99 Å². The molecule has 0 saturated heterocycles. The highest BCUT2D eigenvalue weighted by atomic mass is 16.1. The molecule has 0 spiro atoms. The third kappa shape index (κ3) is 5.42. The maximum absolute atomic E-state index is 11.9. The fraction of sp³-hybridized carbons (Fsp3) is 0.333. The molecule has 0 aromatic carbocycles. The number of hydrogen-bond donors (Lipinski definition) is 3. The average molecular weight is 315 g/mol. The van der Waals surface area contributed by atoms with Crippen LogP contribution in [0.15, 0.2) is 41.8 Å². The monoisotopic (exact) mass is 315 g/mol. The summed E-state index contributed by atoms with van der Waals surface area (Å²) in [6.07, 6.45) is 4.98. The van der Waals surface area contributed by atoms with Crippen molar-refractivity contribution >= 4 is 17.6 Å². The molecule has 8 nitrogen and oxygen atoms in total. The van der Waals surface area contributed by atoms with E-state index in [0.717, 1.165) is 5.69 Å². The van der Waals surface area contributed by atoms with Crippen molar-refractivity contribution in [3.8, 4) is 0 Å². The SMILES string of the molecule is CCNC(=NCc1ccnn1C)NCC(=O)Nc1cccnc1. The molecule has 0 atom stereocenters. The Morgan fingerprint density at radius 3 is 2.83 bits per heavy atom. The Balaban J connectivity index is 1.86. The first-order chi connectivity index (χ1) is 11.2. The van der Waals surface area contributed by atoms with Crippen LogP contribution >= 0.6 is 0 Å². The molecule has 0 radical (unpaired) electrons. The normalized spacial score (nSPS) is 11.1. The summed E-state index contributed by atoms with van der Waals surface area (Å²) in [5.41, 5.74) is 1.65. The third-order valence-electron chi connectivity index (χ3n) is 3.03. The van der Waals surface area contributed by atoms with Crippen molar-refractivity contribution < 1.29 is 4.79 Å². The Morgan fingerprint density at radius 1 is 1.30 bits per heavy atom. The lowest BCUT2D eigenvalue weighted by Gasteiger charge is -2.11. The molecule has 122 valence electrons. The van der Waals surface area contributed by atoms with Gasteiger partial charge in [-0.15, -0.1) is 0 Å². The van der Waals surface area contributed by atoms with Crippen molar-refractivity contribution in [3.05, 3.63) is 42.5 Å². The molecular formula is C15H21N7O. The van der Waals surface area contributed by atoms with Crippen LogP contribution in [-0.2, 0) is 18.4 Å². The number of aromatic nitrogens is 3. The fourth-order valence-corrected chi connectivity index (χ4v) is 1.86. The van der Waals surface area contributed by atoms with Gasteiger partial charge in [-0.1, -0.05) is 0 Å². The summed E-state index contributed by atoms with van der Waals surface area (Å²) < 4.78 is 1.77. The number of amides is 1. The maximum atomic E-state index is 11.9. The van der Waals surface area contributed by atoms with Crippen LogP contribution in [-0.4, -0.2) is 39.7 Å². The molecule has 0 aliphatic rings. The van der Waals surface area contributed by atoms with E-state index in [9.17, 15) is 4.79 Å². The lowest BCUT2D eigenvalue weighted by Crippen LogP contribution is -2.41. The van der Waals surface area contributed by atoms with Crippen molar-refractivity contribution in [1.29, 1.82) is 0 Å². The average Bonchev–Trinajstić information content (AvgIpc) is 2.96. The molecule has 0 aliphatic carbocycles. The van der Waals surface area contributed by atoms with Crippen LogP contribution in [0.4, 0.5) is 5.69 Å². The predicted octanol–water partition coefficient (Wildman–Crippen LogP) is 0.509. The quantitative estimate of drug-likeness (QED) is 0.533. The van der Waals surface area contributed by atoms with Gasteiger partial charge in [0.2, 0.25) is 5.91 Å². The third-order valence-corrected chi connectivity index (χ3v) is 3.03. The maximum Gasteiger partial charge on any atom is 0.243 e. The zero-order chi connectivity index (χ0) is 16.5. The van der Waals surface area contributed by atoms with E-state index in [4.69, 9.17) is 0 Å². The van der Waals surface area contributed by atoms with Gasteiger partial charge in [0.1, 0.15) is 0 Å².